The van der Waals surface area contributed by atoms with Crippen molar-refractivity contribution in [2.24, 2.45) is 5.92 Å². The molecule has 1 aliphatic heterocycles. The van der Waals surface area contributed by atoms with E-state index in [1.807, 2.05) is 59.5 Å². The molecule has 2 heterocycles. The lowest BCUT2D eigenvalue weighted by atomic mass is 10.0. The van der Waals surface area contributed by atoms with E-state index >= 15 is 0 Å². The van der Waals surface area contributed by atoms with Crippen molar-refractivity contribution < 1.29 is 4.79 Å². The Morgan fingerprint density at radius 3 is 2.42 bits per heavy atom. The number of aromatic nitrogens is 2. The molecule has 172 valence electrons. The highest BCUT2D eigenvalue weighted by atomic mass is 35.5. The minimum Gasteiger partial charge on any atom is -0.339 e. The Bertz CT molecular complexity index is 1060. The van der Waals surface area contributed by atoms with Gasteiger partial charge in [0.05, 0.1) is 5.69 Å². The molecule has 0 bridgehead atoms. The fraction of sp³-hybridized carbons (Fsp3) is 0.346. The number of piperidine rings is 1. The maximum atomic E-state index is 12.9. The number of nitrogens with one attached hydrogen (secondary N) is 2. The largest absolute Gasteiger partial charge is 0.339 e. The van der Waals surface area contributed by atoms with E-state index < -0.39 is 0 Å². The number of anilines is 2. The molecule has 1 fully saturated rings. The average molecular weight is 464 g/mol. The van der Waals surface area contributed by atoms with Crippen LogP contribution < -0.4 is 10.6 Å². The van der Waals surface area contributed by atoms with Crippen molar-refractivity contribution in [3.8, 4) is 11.3 Å². The second kappa shape index (κ2) is 10.8. The van der Waals surface area contributed by atoms with E-state index in [2.05, 4.69) is 34.4 Å². The summed E-state index contributed by atoms with van der Waals surface area (Å²) in [6.45, 7) is 7.04. The van der Waals surface area contributed by atoms with E-state index in [9.17, 15) is 4.79 Å². The van der Waals surface area contributed by atoms with Crippen molar-refractivity contribution in [1.29, 1.82) is 0 Å². The lowest BCUT2D eigenvalue weighted by molar-refractivity contribution is 0.0704. The standard InChI is InChI=1S/C26H30ClN5O/c1-18(2)17-29-22-12-15-32(16-13-22)25(33)20-5-9-23(10-6-20)30-26-28-14-11-24(31-26)19-3-7-21(27)8-4-19/h3-11,14,18,22,29H,12-13,15-17H2,1-2H3,(H,28,30,31). The van der Waals surface area contributed by atoms with Crippen LogP contribution in [0.2, 0.25) is 5.02 Å². The number of benzene rings is 2. The van der Waals surface area contributed by atoms with Gasteiger partial charge in [-0.2, -0.15) is 0 Å². The molecule has 0 atom stereocenters. The van der Waals surface area contributed by atoms with Gasteiger partial charge in [0.25, 0.3) is 5.91 Å². The molecule has 0 unspecified atom stereocenters. The first-order valence-electron chi connectivity index (χ1n) is 11.5. The van der Waals surface area contributed by atoms with Crippen LogP contribution >= 0.6 is 11.6 Å². The summed E-state index contributed by atoms with van der Waals surface area (Å²) in [5.41, 5.74) is 3.30. The van der Waals surface area contributed by atoms with Gasteiger partial charge in [-0.3, -0.25) is 4.79 Å². The summed E-state index contributed by atoms with van der Waals surface area (Å²) in [4.78, 5) is 23.8. The fourth-order valence-corrected chi connectivity index (χ4v) is 4.02. The molecule has 1 aromatic heterocycles. The Kier molecular flexibility index (Phi) is 7.57. The predicted octanol–water partition coefficient (Wildman–Crippen LogP) is 5.39. The predicted molar refractivity (Wildman–Crippen MR) is 134 cm³/mol. The van der Waals surface area contributed by atoms with Crippen LogP contribution in [0.5, 0.6) is 0 Å². The highest BCUT2D eigenvalue weighted by Gasteiger charge is 2.23. The van der Waals surface area contributed by atoms with Gasteiger partial charge in [-0.1, -0.05) is 37.6 Å². The molecule has 1 aliphatic rings. The maximum absolute atomic E-state index is 12.9. The molecule has 0 radical (unpaired) electrons. The van der Waals surface area contributed by atoms with Crippen molar-refractivity contribution in [3.63, 3.8) is 0 Å². The van der Waals surface area contributed by atoms with E-state index in [1.165, 1.54) is 0 Å². The van der Waals surface area contributed by atoms with E-state index in [4.69, 9.17) is 11.6 Å². The molecule has 3 aromatic rings. The maximum Gasteiger partial charge on any atom is 0.253 e. The van der Waals surface area contributed by atoms with E-state index in [-0.39, 0.29) is 5.91 Å². The zero-order valence-corrected chi connectivity index (χ0v) is 19.8. The van der Waals surface area contributed by atoms with Gasteiger partial charge in [-0.05, 0) is 67.8 Å². The van der Waals surface area contributed by atoms with Gasteiger partial charge in [-0.25, -0.2) is 9.97 Å². The van der Waals surface area contributed by atoms with E-state index in [1.54, 1.807) is 6.20 Å². The first-order chi connectivity index (χ1) is 16.0. The normalized spacial score (nSPS) is 14.5. The Morgan fingerprint density at radius 2 is 1.76 bits per heavy atom. The molecular formula is C26H30ClN5O. The van der Waals surface area contributed by atoms with Crippen LogP contribution in [-0.4, -0.2) is 46.5 Å². The van der Waals surface area contributed by atoms with E-state index in [0.29, 0.717) is 28.5 Å². The molecule has 0 aliphatic carbocycles. The number of rotatable bonds is 7. The lowest BCUT2D eigenvalue weighted by Crippen LogP contribution is -2.45. The zero-order valence-electron chi connectivity index (χ0n) is 19.1. The quantitative estimate of drug-likeness (QED) is 0.491. The molecule has 33 heavy (non-hydrogen) atoms. The van der Waals surface area contributed by atoms with Crippen molar-refractivity contribution in [3.05, 3.63) is 71.4 Å². The molecule has 2 aromatic carbocycles. The van der Waals surface area contributed by atoms with Crippen molar-refractivity contribution >= 4 is 29.1 Å². The monoisotopic (exact) mass is 463 g/mol. The SMILES string of the molecule is CC(C)CNC1CCN(C(=O)c2ccc(Nc3nccc(-c4ccc(Cl)cc4)n3)cc2)CC1. The molecule has 1 amide bonds. The first kappa shape index (κ1) is 23.2. The summed E-state index contributed by atoms with van der Waals surface area (Å²) in [7, 11) is 0. The highest BCUT2D eigenvalue weighted by molar-refractivity contribution is 6.30. The van der Waals surface area contributed by atoms with Crippen LogP contribution in [0.3, 0.4) is 0 Å². The fourth-order valence-electron chi connectivity index (χ4n) is 3.90. The number of hydrogen-bond acceptors (Lipinski definition) is 5. The summed E-state index contributed by atoms with van der Waals surface area (Å²) in [5.74, 6) is 1.23. The summed E-state index contributed by atoms with van der Waals surface area (Å²) in [6, 6.07) is 17.4. The Labute approximate surface area is 200 Å². The van der Waals surface area contributed by atoms with Gasteiger partial charge in [0.1, 0.15) is 0 Å². The average Bonchev–Trinajstić information content (AvgIpc) is 2.84. The summed E-state index contributed by atoms with van der Waals surface area (Å²) < 4.78 is 0. The van der Waals surface area contributed by atoms with Gasteiger partial charge in [0, 0.05) is 47.2 Å². The van der Waals surface area contributed by atoms with Crippen LogP contribution in [0.15, 0.2) is 60.8 Å². The van der Waals surface area contributed by atoms with E-state index in [0.717, 1.165) is 49.4 Å². The Balaban J connectivity index is 1.35. The summed E-state index contributed by atoms with van der Waals surface area (Å²) >= 11 is 5.98. The summed E-state index contributed by atoms with van der Waals surface area (Å²) in [5, 5.41) is 7.51. The first-order valence-corrected chi connectivity index (χ1v) is 11.8. The summed E-state index contributed by atoms with van der Waals surface area (Å²) in [6.07, 6.45) is 3.72. The lowest BCUT2D eigenvalue weighted by Gasteiger charge is -2.33. The van der Waals surface area contributed by atoms with Crippen molar-refractivity contribution in [1.82, 2.24) is 20.2 Å². The van der Waals surface area contributed by atoms with Gasteiger partial charge in [0.15, 0.2) is 0 Å². The highest BCUT2D eigenvalue weighted by Crippen LogP contribution is 2.22. The zero-order chi connectivity index (χ0) is 23.2. The van der Waals surface area contributed by atoms with Crippen LogP contribution in [0.1, 0.15) is 37.0 Å². The van der Waals surface area contributed by atoms with Crippen molar-refractivity contribution in [2.75, 3.05) is 25.0 Å². The van der Waals surface area contributed by atoms with Crippen LogP contribution in [0, 0.1) is 5.92 Å². The van der Waals surface area contributed by atoms with Crippen LogP contribution in [-0.2, 0) is 0 Å². The molecule has 0 saturated carbocycles. The third-order valence-electron chi connectivity index (χ3n) is 5.78. The molecule has 0 spiro atoms. The van der Waals surface area contributed by atoms with Gasteiger partial charge in [0.2, 0.25) is 5.95 Å². The minimum absolute atomic E-state index is 0.0878. The molecule has 2 N–H and O–H groups in total. The van der Waals surface area contributed by atoms with Gasteiger partial charge < -0.3 is 15.5 Å². The number of carbonyl (C=O) groups is 1. The minimum atomic E-state index is 0.0878. The smallest absolute Gasteiger partial charge is 0.253 e. The number of carbonyl (C=O) groups excluding carboxylic acids is 1. The number of amides is 1. The molecule has 4 rings (SSSR count). The number of nitrogens with zero attached hydrogens (tertiary/aromatic N) is 3. The van der Waals surface area contributed by atoms with Gasteiger partial charge in [-0.15, -0.1) is 0 Å². The molecule has 6 nitrogen and oxygen atoms in total. The second-order valence-electron chi connectivity index (χ2n) is 8.84. The molecule has 1 saturated heterocycles. The number of halogens is 1. The van der Waals surface area contributed by atoms with Crippen LogP contribution in [0.4, 0.5) is 11.6 Å². The van der Waals surface area contributed by atoms with Crippen LogP contribution in [0.25, 0.3) is 11.3 Å². The third kappa shape index (κ3) is 6.30. The van der Waals surface area contributed by atoms with Gasteiger partial charge >= 0.3 is 0 Å². The molecular weight excluding hydrogens is 434 g/mol. The number of likely N-dealkylation sites (tertiary alicyclic amines) is 1. The second-order valence-corrected chi connectivity index (χ2v) is 9.28. The third-order valence-corrected chi connectivity index (χ3v) is 6.03. The number of hydrogen-bond donors (Lipinski definition) is 2. The Morgan fingerprint density at radius 1 is 1.06 bits per heavy atom. The van der Waals surface area contributed by atoms with Crippen molar-refractivity contribution in [2.45, 2.75) is 32.7 Å². The molecule has 7 heteroatoms. The Hall–Kier alpha value is -2.96. The topological polar surface area (TPSA) is 70.2 Å².